The zero-order valence-electron chi connectivity index (χ0n) is 13.5. The minimum Gasteiger partial charge on any atom is -0.481 e. The number of carboxylic acid groups (broad SMARTS) is 1. The molecule has 1 heterocycles. The molecule has 0 atom stereocenters. The Labute approximate surface area is 139 Å². The molecule has 1 N–H and O–H groups in total. The highest BCUT2D eigenvalue weighted by molar-refractivity contribution is 5.95. The molecule has 0 unspecified atom stereocenters. The van der Waals surface area contributed by atoms with E-state index in [9.17, 15) is 9.59 Å². The first-order chi connectivity index (χ1) is 11.5. The summed E-state index contributed by atoms with van der Waals surface area (Å²) in [5.41, 5.74) is 0.426. The molecule has 0 radical (unpaired) electrons. The second-order valence-corrected chi connectivity index (χ2v) is 5.41. The van der Waals surface area contributed by atoms with Gasteiger partial charge in [-0.15, -0.1) is 0 Å². The van der Waals surface area contributed by atoms with Gasteiger partial charge in [-0.1, -0.05) is 6.07 Å². The third kappa shape index (κ3) is 4.77. The molecule has 7 nitrogen and oxygen atoms in total. The molecule has 1 aromatic carbocycles. The number of amides is 1. The van der Waals surface area contributed by atoms with Gasteiger partial charge >= 0.3 is 5.97 Å². The third-order valence-corrected chi connectivity index (χ3v) is 3.29. The largest absolute Gasteiger partial charge is 0.481 e. The summed E-state index contributed by atoms with van der Waals surface area (Å²) in [7, 11) is 0. The number of rotatable bonds is 7. The van der Waals surface area contributed by atoms with Crippen molar-refractivity contribution >= 4 is 11.9 Å². The molecule has 0 fully saturated rings. The molecule has 0 saturated carbocycles. The second kappa shape index (κ2) is 8.05. The van der Waals surface area contributed by atoms with Crippen LogP contribution in [0.15, 0.2) is 42.9 Å². The van der Waals surface area contributed by atoms with E-state index in [0.717, 1.165) is 0 Å². The van der Waals surface area contributed by atoms with E-state index in [2.05, 4.69) is 9.97 Å². The van der Waals surface area contributed by atoms with Crippen molar-refractivity contribution in [2.24, 2.45) is 0 Å². The molecular formula is C17H19N3O4. The Morgan fingerprint density at radius 3 is 2.71 bits per heavy atom. The molecule has 7 heteroatoms. The second-order valence-electron chi connectivity index (χ2n) is 5.41. The van der Waals surface area contributed by atoms with E-state index in [0.29, 0.717) is 17.2 Å². The Balaban J connectivity index is 2.16. The molecule has 1 amide bonds. The maximum Gasteiger partial charge on any atom is 0.305 e. The van der Waals surface area contributed by atoms with Crippen LogP contribution in [0.3, 0.4) is 0 Å². The zero-order chi connectivity index (χ0) is 17.5. The number of ether oxygens (including phenoxy) is 1. The fourth-order valence-electron chi connectivity index (χ4n) is 2.13. The van der Waals surface area contributed by atoms with E-state index in [1.165, 1.54) is 23.5 Å². The van der Waals surface area contributed by atoms with Crippen molar-refractivity contribution in [2.45, 2.75) is 26.3 Å². The van der Waals surface area contributed by atoms with Crippen LogP contribution >= 0.6 is 0 Å². The summed E-state index contributed by atoms with van der Waals surface area (Å²) in [5, 5.41) is 8.83. The number of carbonyl (C=O) groups excluding carboxylic acids is 1. The summed E-state index contributed by atoms with van der Waals surface area (Å²) in [6, 6.07) is 6.58. The minimum absolute atomic E-state index is 0.0975. The summed E-state index contributed by atoms with van der Waals surface area (Å²) in [6.07, 6.45) is 4.42. The number of aromatic nitrogens is 2. The summed E-state index contributed by atoms with van der Waals surface area (Å²) >= 11 is 0. The highest BCUT2D eigenvalue weighted by atomic mass is 16.5. The van der Waals surface area contributed by atoms with Crippen LogP contribution in [0, 0.1) is 0 Å². The molecule has 0 aliphatic heterocycles. The van der Waals surface area contributed by atoms with Gasteiger partial charge in [0.2, 0.25) is 5.88 Å². The van der Waals surface area contributed by atoms with Crippen LogP contribution in [0.2, 0.25) is 0 Å². The maximum atomic E-state index is 12.7. The van der Waals surface area contributed by atoms with Crippen LogP contribution in [-0.4, -0.2) is 44.4 Å². The molecule has 0 bridgehead atoms. The summed E-state index contributed by atoms with van der Waals surface area (Å²) < 4.78 is 5.57. The number of carboxylic acids is 1. The van der Waals surface area contributed by atoms with Crippen LogP contribution in [0.25, 0.3) is 0 Å². The molecule has 2 aromatic rings. The van der Waals surface area contributed by atoms with Crippen molar-refractivity contribution in [3.8, 4) is 11.6 Å². The van der Waals surface area contributed by atoms with E-state index in [4.69, 9.17) is 9.84 Å². The van der Waals surface area contributed by atoms with Crippen molar-refractivity contribution in [3.63, 3.8) is 0 Å². The van der Waals surface area contributed by atoms with Gasteiger partial charge in [-0.2, -0.15) is 0 Å². The van der Waals surface area contributed by atoms with E-state index in [-0.39, 0.29) is 24.9 Å². The van der Waals surface area contributed by atoms with Gasteiger partial charge in [0.15, 0.2) is 0 Å². The van der Waals surface area contributed by atoms with Crippen LogP contribution in [0.4, 0.5) is 0 Å². The number of aliphatic carboxylic acids is 1. The lowest BCUT2D eigenvalue weighted by molar-refractivity contribution is -0.137. The molecule has 1 aromatic heterocycles. The average molecular weight is 329 g/mol. The fraction of sp³-hybridized carbons (Fsp3) is 0.294. The van der Waals surface area contributed by atoms with Gasteiger partial charge in [-0.05, 0) is 32.0 Å². The first-order valence-corrected chi connectivity index (χ1v) is 7.54. The Morgan fingerprint density at radius 2 is 2.08 bits per heavy atom. The Hall–Kier alpha value is -2.96. The van der Waals surface area contributed by atoms with Crippen LogP contribution in [0.5, 0.6) is 11.6 Å². The minimum atomic E-state index is -0.937. The van der Waals surface area contributed by atoms with Gasteiger partial charge in [-0.25, -0.2) is 4.98 Å². The number of hydrogen-bond acceptors (Lipinski definition) is 5. The highest BCUT2D eigenvalue weighted by Gasteiger charge is 2.20. The van der Waals surface area contributed by atoms with Gasteiger partial charge in [0, 0.05) is 30.5 Å². The van der Waals surface area contributed by atoms with Crippen molar-refractivity contribution in [1.29, 1.82) is 0 Å². The number of carbonyl (C=O) groups is 2. The molecule has 0 aliphatic rings. The molecular weight excluding hydrogens is 310 g/mol. The normalized spacial score (nSPS) is 10.5. The Bertz CT molecular complexity index is 704. The topological polar surface area (TPSA) is 92.6 Å². The number of hydrogen-bond donors (Lipinski definition) is 1. The quantitative estimate of drug-likeness (QED) is 0.839. The van der Waals surface area contributed by atoms with Crippen molar-refractivity contribution in [3.05, 3.63) is 48.4 Å². The van der Waals surface area contributed by atoms with Crippen molar-refractivity contribution in [1.82, 2.24) is 14.9 Å². The highest BCUT2D eigenvalue weighted by Crippen LogP contribution is 2.21. The lowest BCUT2D eigenvalue weighted by Gasteiger charge is -2.26. The first-order valence-electron chi connectivity index (χ1n) is 7.54. The molecule has 0 aliphatic carbocycles. The van der Waals surface area contributed by atoms with Crippen LogP contribution in [0.1, 0.15) is 30.6 Å². The summed E-state index contributed by atoms with van der Waals surface area (Å²) in [6.45, 7) is 3.85. The smallest absolute Gasteiger partial charge is 0.305 e. The maximum absolute atomic E-state index is 12.7. The molecule has 0 spiro atoms. The number of nitrogens with zero attached hydrogens (tertiary/aromatic N) is 3. The Kier molecular flexibility index (Phi) is 5.83. The summed E-state index contributed by atoms with van der Waals surface area (Å²) in [4.78, 5) is 32.9. The summed E-state index contributed by atoms with van der Waals surface area (Å²) in [5.74, 6) is -0.388. The predicted molar refractivity (Wildman–Crippen MR) is 87.0 cm³/mol. The van der Waals surface area contributed by atoms with Crippen molar-refractivity contribution < 1.29 is 19.4 Å². The molecule has 2 rings (SSSR count). The zero-order valence-corrected chi connectivity index (χ0v) is 13.5. The van der Waals surface area contributed by atoms with Gasteiger partial charge in [0.25, 0.3) is 5.91 Å². The van der Waals surface area contributed by atoms with E-state index in [1.54, 1.807) is 24.3 Å². The average Bonchev–Trinajstić information content (AvgIpc) is 2.55. The lowest BCUT2D eigenvalue weighted by Crippen LogP contribution is -2.38. The molecule has 0 saturated heterocycles. The van der Waals surface area contributed by atoms with Gasteiger partial charge in [-0.3, -0.25) is 14.6 Å². The van der Waals surface area contributed by atoms with E-state index < -0.39 is 5.97 Å². The fourth-order valence-corrected chi connectivity index (χ4v) is 2.13. The lowest BCUT2D eigenvalue weighted by atomic mass is 10.1. The SMILES string of the molecule is CC(C)N(CCC(=O)O)C(=O)c1cccc(Oc2cnccn2)c1. The molecule has 126 valence electrons. The Morgan fingerprint density at radius 1 is 1.29 bits per heavy atom. The first kappa shape index (κ1) is 17.4. The number of benzene rings is 1. The van der Waals surface area contributed by atoms with Crippen molar-refractivity contribution in [2.75, 3.05) is 6.54 Å². The van der Waals surface area contributed by atoms with Gasteiger partial charge < -0.3 is 14.7 Å². The van der Waals surface area contributed by atoms with Crippen LogP contribution in [-0.2, 0) is 4.79 Å². The standard InChI is InChI=1S/C17H19N3O4/c1-12(2)20(9-6-16(21)22)17(23)13-4-3-5-14(10-13)24-15-11-18-7-8-19-15/h3-5,7-8,10-12H,6,9H2,1-2H3,(H,21,22). The third-order valence-electron chi connectivity index (χ3n) is 3.29. The van der Waals surface area contributed by atoms with Gasteiger partial charge in [0.05, 0.1) is 12.6 Å². The predicted octanol–water partition coefficient (Wildman–Crippen LogP) is 2.59. The van der Waals surface area contributed by atoms with Crippen LogP contribution < -0.4 is 4.74 Å². The van der Waals surface area contributed by atoms with E-state index >= 15 is 0 Å². The van der Waals surface area contributed by atoms with Gasteiger partial charge in [0.1, 0.15) is 5.75 Å². The monoisotopic (exact) mass is 329 g/mol. The molecule has 24 heavy (non-hydrogen) atoms. The van der Waals surface area contributed by atoms with E-state index in [1.807, 2.05) is 13.8 Å².